The average Bonchev–Trinajstić information content (AvgIpc) is 2.25. The third kappa shape index (κ3) is 1.89. The number of unbranched alkanes of at least 4 members (excludes halogenated alkanes) is 1. The molecule has 0 aromatic carbocycles. The maximum Gasteiger partial charge on any atom is 0.318 e. The maximum absolute atomic E-state index is 11.6. The number of carbonyl (C=O) groups excluding carboxylic acids is 1. The number of rotatable bonds is 6. The number of aliphatic hydroxyl groups is 1. The Bertz CT molecular complexity index is 219. The Labute approximate surface area is 91.8 Å². The van der Waals surface area contributed by atoms with E-state index in [0.29, 0.717) is 6.42 Å². The van der Waals surface area contributed by atoms with Crippen molar-refractivity contribution in [1.82, 2.24) is 0 Å². The van der Waals surface area contributed by atoms with Crippen LogP contribution in [0.5, 0.6) is 0 Å². The zero-order chi connectivity index (χ0) is 11.5. The molecule has 1 rings (SSSR count). The van der Waals surface area contributed by atoms with Gasteiger partial charge in [0, 0.05) is 0 Å². The number of aliphatic hydroxyl groups excluding tert-OH is 1. The topological polar surface area (TPSA) is 46.5 Å². The van der Waals surface area contributed by atoms with Gasteiger partial charge in [0.15, 0.2) is 0 Å². The molecule has 0 amide bonds. The smallest absolute Gasteiger partial charge is 0.318 e. The minimum absolute atomic E-state index is 0.0773. The summed E-state index contributed by atoms with van der Waals surface area (Å²) in [7, 11) is 0. The first-order chi connectivity index (χ1) is 7.13. The molecule has 1 aliphatic heterocycles. The van der Waals surface area contributed by atoms with Crippen molar-refractivity contribution in [3.63, 3.8) is 0 Å². The minimum atomic E-state index is -0.598. The van der Waals surface area contributed by atoms with E-state index in [1.54, 1.807) is 0 Å². The van der Waals surface area contributed by atoms with Crippen LogP contribution in [-0.4, -0.2) is 23.3 Å². The molecule has 15 heavy (non-hydrogen) atoms. The number of carbonyl (C=O) groups is 1. The van der Waals surface area contributed by atoms with Crippen molar-refractivity contribution < 1.29 is 14.6 Å². The monoisotopic (exact) mass is 214 g/mol. The number of hydrogen-bond donors (Lipinski definition) is 1. The largest absolute Gasteiger partial charge is 0.460 e. The summed E-state index contributed by atoms with van der Waals surface area (Å²) in [4.78, 5) is 11.6. The molecular formula is C12H22O3. The van der Waals surface area contributed by atoms with Crippen LogP contribution in [0.4, 0.5) is 0 Å². The zero-order valence-corrected chi connectivity index (χ0v) is 9.95. The molecule has 0 aromatic heterocycles. The second-order valence-corrected chi connectivity index (χ2v) is 4.37. The molecule has 88 valence electrons. The van der Waals surface area contributed by atoms with Crippen LogP contribution in [0.2, 0.25) is 0 Å². The van der Waals surface area contributed by atoms with Crippen molar-refractivity contribution in [2.75, 3.05) is 0 Å². The zero-order valence-electron chi connectivity index (χ0n) is 9.95. The van der Waals surface area contributed by atoms with Crippen LogP contribution < -0.4 is 0 Å². The van der Waals surface area contributed by atoms with Crippen LogP contribution in [0, 0.1) is 5.41 Å². The van der Waals surface area contributed by atoms with Gasteiger partial charge in [0.25, 0.3) is 0 Å². The fourth-order valence-corrected chi connectivity index (χ4v) is 2.48. The Morgan fingerprint density at radius 1 is 1.47 bits per heavy atom. The Morgan fingerprint density at radius 2 is 2.13 bits per heavy atom. The van der Waals surface area contributed by atoms with Gasteiger partial charge in [0.05, 0.1) is 6.10 Å². The summed E-state index contributed by atoms with van der Waals surface area (Å²) in [5.74, 6) is -0.197. The molecule has 3 heteroatoms. The van der Waals surface area contributed by atoms with E-state index in [4.69, 9.17) is 4.74 Å². The SMILES string of the molecule is CCCC[C@@]1(C(O)CC)C(=O)O[C@H]1CC. The standard InChI is InChI=1S/C12H22O3/c1-4-7-8-12(9(13)5-2)10(6-3)15-11(12)14/h9-10,13H,4-8H2,1-3H3/t9?,10-,12-/m0/s1. The van der Waals surface area contributed by atoms with Crippen molar-refractivity contribution in [3.05, 3.63) is 0 Å². The lowest BCUT2D eigenvalue weighted by Crippen LogP contribution is -2.62. The summed E-state index contributed by atoms with van der Waals surface area (Å²) in [6, 6.07) is 0. The highest BCUT2D eigenvalue weighted by atomic mass is 16.6. The van der Waals surface area contributed by atoms with Crippen LogP contribution in [0.3, 0.4) is 0 Å². The summed E-state index contributed by atoms with van der Waals surface area (Å²) in [5.41, 5.74) is -0.598. The fraction of sp³-hybridized carbons (Fsp3) is 0.917. The van der Waals surface area contributed by atoms with Crippen LogP contribution in [-0.2, 0) is 9.53 Å². The normalized spacial score (nSPS) is 32.0. The van der Waals surface area contributed by atoms with E-state index in [9.17, 15) is 9.90 Å². The molecule has 3 nitrogen and oxygen atoms in total. The minimum Gasteiger partial charge on any atom is -0.460 e. The van der Waals surface area contributed by atoms with Gasteiger partial charge in [-0.2, -0.15) is 0 Å². The van der Waals surface area contributed by atoms with E-state index >= 15 is 0 Å². The Morgan fingerprint density at radius 3 is 2.53 bits per heavy atom. The molecular weight excluding hydrogens is 192 g/mol. The summed E-state index contributed by atoms with van der Waals surface area (Å²) in [6.45, 7) is 6.01. The second-order valence-electron chi connectivity index (χ2n) is 4.37. The predicted molar refractivity (Wildman–Crippen MR) is 58.4 cm³/mol. The van der Waals surface area contributed by atoms with Crippen LogP contribution >= 0.6 is 0 Å². The van der Waals surface area contributed by atoms with Gasteiger partial charge >= 0.3 is 5.97 Å². The van der Waals surface area contributed by atoms with Gasteiger partial charge in [-0.25, -0.2) is 0 Å². The van der Waals surface area contributed by atoms with Gasteiger partial charge in [0.1, 0.15) is 11.5 Å². The van der Waals surface area contributed by atoms with Crippen LogP contribution in [0.1, 0.15) is 52.9 Å². The fourth-order valence-electron chi connectivity index (χ4n) is 2.48. The molecule has 0 aromatic rings. The Kier molecular flexibility index (Phi) is 4.14. The Hall–Kier alpha value is -0.570. The molecule has 3 atom stereocenters. The van der Waals surface area contributed by atoms with Gasteiger partial charge in [-0.15, -0.1) is 0 Å². The number of esters is 1. The van der Waals surface area contributed by atoms with E-state index in [-0.39, 0.29) is 12.1 Å². The number of ether oxygens (including phenoxy) is 1. The molecule has 0 spiro atoms. The number of cyclic esters (lactones) is 1. The summed E-state index contributed by atoms with van der Waals surface area (Å²) >= 11 is 0. The first kappa shape index (κ1) is 12.5. The van der Waals surface area contributed by atoms with Gasteiger partial charge in [0.2, 0.25) is 0 Å². The van der Waals surface area contributed by atoms with Gasteiger partial charge < -0.3 is 9.84 Å². The quantitative estimate of drug-likeness (QED) is 0.690. The van der Waals surface area contributed by atoms with Crippen molar-refractivity contribution in [2.45, 2.75) is 65.1 Å². The second kappa shape index (κ2) is 4.97. The molecule has 1 heterocycles. The summed E-state index contributed by atoms with van der Waals surface area (Å²) in [5, 5.41) is 10.0. The highest BCUT2D eigenvalue weighted by Crippen LogP contribution is 2.46. The first-order valence-electron chi connectivity index (χ1n) is 6.02. The predicted octanol–water partition coefficient (Wildman–Crippen LogP) is 2.27. The molecule has 1 N–H and O–H groups in total. The Balaban J connectivity index is 2.79. The lowest BCUT2D eigenvalue weighted by Gasteiger charge is -2.49. The number of hydrogen-bond acceptors (Lipinski definition) is 3. The highest BCUT2D eigenvalue weighted by Gasteiger charge is 2.60. The van der Waals surface area contributed by atoms with Crippen molar-refractivity contribution in [3.8, 4) is 0 Å². The highest BCUT2D eigenvalue weighted by molar-refractivity contribution is 5.84. The molecule has 0 saturated carbocycles. The van der Waals surface area contributed by atoms with E-state index in [1.807, 2.05) is 13.8 Å². The third-order valence-electron chi connectivity index (χ3n) is 3.50. The van der Waals surface area contributed by atoms with E-state index in [0.717, 1.165) is 25.7 Å². The maximum atomic E-state index is 11.6. The lowest BCUT2D eigenvalue weighted by molar-refractivity contribution is -0.228. The molecule has 1 unspecified atom stereocenters. The van der Waals surface area contributed by atoms with Crippen molar-refractivity contribution in [1.29, 1.82) is 0 Å². The third-order valence-corrected chi connectivity index (χ3v) is 3.50. The van der Waals surface area contributed by atoms with Crippen LogP contribution in [0.15, 0.2) is 0 Å². The molecule has 1 fully saturated rings. The van der Waals surface area contributed by atoms with E-state index in [1.165, 1.54) is 0 Å². The lowest BCUT2D eigenvalue weighted by atomic mass is 9.67. The van der Waals surface area contributed by atoms with Crippen molar-refractivity contribution >= 4 is 5.97 Å². The molecule has 0 aliphatic carbocycles. The summed E-state index contributed by atoms with van der Waals surface area (Å²) in [6.07, 6.45) is 3.57. The molecule has 1 saturated heterocycles. The van der Waals surface area contributed by atoms with E-state index in [2.05, 4.69) is 6.92 Å². The first-order valence-corrected chi connectivity index (χ1v) is 6.02. The molecule has 1 aliphatic rings. The molecule has 0 bridgehead atoms. The average molecular weight is 214 g/mol. The molecule has 0 radical (unpaired) electrons. The van der Waals surface area contributed by atoms with E-state index < -0.39 is 11.5 Å². The van der Waals surface area contributed by atoms with Gasteiger partial charge in [-0.1, -0.05) is 33.6 Å². The van der Waals surface area contributed by atoms with Gasteiger partial charge in [-0.05, 0) is 19.3 Å². The summed E-state index contributed by atoms with van der Waals surface area (Å²) < 4.78 is 5.13. The van der Waals surface area contributed by atoms with Crippen molar-refractivity contribution in [2.24, 2.45) is 5.41 Å². The van der Waals surface area contributed by atoms with Crippen LogP contribution in [0.25, 0.3) is 0 Å². The van der Waals surface area contributed by atoms with Gasteiger partial charge in [-0.3, -0.25) is 4.79 Å².